The number of aromatic amines is 1. The van der Waals surface area contributed by atoms with Crippen LogP contribution < -0.4 is 10.9 Å². The molecule has 0 aromatic carbocycles. The van der Waals surface area contributed by atoms with Crippen molar-refractivity contribution < 1.29 is 0 Å². The van der Waals surface area contributed by atoms with E-state index in [0.717, 1.165) is 37.1 Å². The zero-order chi connectivity index (χ0) is 11.3. The van der Waals surface area contributed by atoms with Crippen molar-refractivity contribution >= 4 is 5.95 Å². The maximum absolute atomic E-state index is 11.7. The largest absolute Gasteiger partial charge is 0.356 e. The van der Waals surface area contributed by atoms with Gasteiger partial charge in [0.1, 0.15) is 0 Å². The molecule has 1 aromatic rings. The molecule has 0 aliphatic carbocycles. The Balaban J connectivity index is 2.92. The molecule has 0 amide bonds. The van der Waals surface area contributed by atoms with Crippen LogP contribution >= 0.6 is 0 Å². The highest BCUT2D eigenvalue weighted by molar-refractivity contribution is 5.29. The van der Waals surface area contributed by atoms with E-state index in [9.17, 15) is 4.79 Å². The van der Waals surface area contributed by atoms with Gasteiger partial charge in [0.05, 0.1) is 0 Å². The summed E-state index contributed by atoms with van der Waals surface area (Å²) in [6.07, 6.45) is 2.77. The van der Waals surface area contributed by atoms with E-state index in [1.165, 1.54) is 0 Å². The Labute approximate surface area is 90.1 Å². The highest BCUT2D eigenvalue weighted by Crippen LogP contribution is 2.04. The van der Waals surface area contributed by atoms with Gasteiger partial charge in [-0.15, -0.1) is 0 Å². The quantitative estimate of drug-likeness (QED) is 0.778. The molecular weight excluding hydrogens is 190 g/mol. The summed E-state index contributed by atoms with van der Waals surface area (Å²) < 4.78 is 0. The Morgan fingerprint density at radius 3 is 2.60 bits per heavy atom. The van der Waals surface area contributed by atoms with E-state index in [-0.39, 0.29) is 5.56 Å². The summed E-state index contributed by atoms with van der Waals surface area (Å²) in [7, 11) is 0. The summed E-state index contributed by atoms with van der Waals surface area (Å²) in [6, 6.07) is 0. The van der Waals surface area contributed by atoms with Gasteiger partial charge >= 0.3 is 0 Å². The average molecular weight is 209 g/mol. The minimum atomic E-state index is -0.0112. The predicted molar refractivity (Wildman–Crippen MR) is 62.4 cm³/mol. The molecule has 0 aliphatic heterocycles. The first-order chi connectivity index (χ1) is 7.19. The summed E-state index contributed by atoms with van der Waals surface area (Å²) >= 11 is 0. The van der Waals surface area contributed by atoms with Crippen LogP contribution in [0.5, 0.6) is 0 Å². The van der Waals surface area contributed by atoms with Crippen molar-refractivity contribution in [1.82, 2.24) is 9.97 Å². The van der Waals surface area contributed by atoms with Gasteiger partial charge in [0.25, 0.3) is 5.56 Å². The van der Waals surface area contributed by atoms with Crippen molar-refractivity contribution in [2.75, 3.05) is 11.9 Å². The Hall–Kier alpha value is -1.32. The average Bonchev–Trinajstić information content (AvgIpc) is 2.20. The molecule has 4 nitrogen and oxygen atoms in total. The number of H-pyrrole nitrogens is 1. The van der Waals surface area contributed by atoms with E-state index in [1.54, 1.807) is 0 Å². The van der Waals surface area contributed by atoms with Crippen LogP contribution in [0.2, 0.25) is 0 Å². The Morgan fingerprint density at radius 2 is 2.07 bits per heavy atom. The number of nitrogens with one attached hydrogen (secondary N) is 2. The number of nitrogens with zero attached hydrogens (tertiary/aromatic N) is 1. The smallest absolute Gasteiger partial charge is 0.255 e. The van der Waals surface area contributed by atoms with Crippen LogP contribution in [-0.4, -0.2) is 16.5 Å². The molecule has 4 heteroatoms. The first kappa shape index (κ1) is 11.8. The molecule has 1 rings (SSSR count). The molecule has 0 saturated heterocycles. The van der Waals surface area contributed by atoms with Crippen molar-refractivity contribution in [2.24, 2.45) is 0 Å². The molecule has 0 atom stereocenters. The van der Waals surface area contributed by atoms with Crippen molar-refractivity contribution in [3.05, 3.63) is 21.6 Å². The van der Waals surface area contributed by atoms with E-state index in [4.69, 9.17) is 0 Å². The summed E-state index contributed by atoms with van der Waals surface area (Å²) in [5.74, 6) is 0.583. The van der Waals surface area contributed by atoms with Gasteiger partial charge in [0, 0.05) is 17.8 Å². The lowest BCUT2D eigenvalue weighted by Crippen LogP contribution is -2.19. The van der Waals surface area contributed by atoms with Gasteiger partial charge in [-0.05, 0) is 19.8 Å². The fraction of sp³-hybridized carbons (Fsp3) is 0.636. The van der Waals surface area contributed by atoms with Gasteiger partial charge in [0.2, 0.25) is 5.95 Å². The van der Waals surface area contributed by atoms with Crippen molar-refractivity contribution in [3.63, 3.8) is 0 Å². The minimum Gasteiger partial charge on any atom is -0.356 e. The Bertz CT molecular complexity index is 371. The van der Waals surface area contributed by atoms with Crippen molar-refractivity contribution in [1.29, 1.82) is 0 Å². The van der Waals surface area contributed by atoms with Crippen LogP contribution in [-0.2, 0) is 6.42 Å². The first-order valence-corrected chi connectivity index (χ1v) is 5.52. The molecule has 0 fully saturated rings. The highest BCUT2D eigenvalue weighted by Gasteiger charge is 2.06. The fourth-order valence-electron chi connectivity index (χ4n) is 1.48. The number of hydrogen-bond donors (Lipinski definition) is 2. The highest BCUT2D eigenvalue weighted by atomic mass is 16.1. The second-order valence-corrected chi connectivity index (χ2v) is 3.66. The topological polar surface area (TPSA) is 57.8 Å². The minimum absolute atomic E-state index is 0.0112. The van der Waals surface area contributed by atoms with Gasteiger partial charge in [0.15, 0.2) is 0 Å². The SMILES string of the molecule is CCCNc1nc(C)c(CCC)c(=O)[nH]1. The second kappa shape index (κ2) is 5.53. The molecule has 0 unspecified atom stereocenters. The normalized spacial score (nSPS) is 10.3. The van der Waals surface area contributed by atoms with Gasteiger partial charge < -0.3 is 5.32 Å². The summed E-state index contributed by atoms with van der Waals surface area (Å²) in [4.78, 5) is 18.8. The van der Waals surface area contributed by atoms with Crippen LogP contribution in [0.4, 0.5) is 5.95 Å². The fourth-order valence-corrected chi connectivity index (χ4v) is 1.48. The van der Waals surface area contributed by atoms with Crippen LogP contribution in [0.1, 0.15) is 37.9 Å². The van der Waals surface area contributed by atoms with E-state index in [1.807, 2.05) is 6.92 Å². The van der Waals surface area contributed by atoms with Gasteiger partial charge in [-0.25, -0.2) is 4.98 Å². The predicted octanol–water partition coefficient (Wildman–Crippen LogP) is 1.85. The Morgan fingerprint density at radius 1 is 1.33 bits per heavy atom. The summed E-state index contributed by atoms with van der Waals surface area (Å²) in [5.41, 5.74) is 1.63. The molecule has 0 aliphatic rings. The summed E-state index contributed by atoms with van der Waals surface area (Å²) in [5, 5.41) is 3.08. The number of anilines is 1. The molecule has 1 heterocycles. The van der Waals surface area contributed by atoms with E-state index in [0.29, 0.717) is 5.95 Å². The maximum atomic E-state index is 11.7. The maximum Gasteiger partial charge on any atom is 0.255 e. The van der Waals surface area contributed by atoms with Crippen LogP contribution in [0.3, 0.4) is 0 Å². The van der Waals surface area contributed by atoms with Crippen LogP contribution in [0, 0.1) is 6.92 Å². The number of aryl methyl sites for hydroxylation is 1. The van der Waals surface area contributed by atoms with Crippen LogP contribution in [0.15, 0.2) is 4.79 Å². The summed E-state index contributed by atoms with van der Waals surface area (Å²) in [6.45, 7) is 6.85. The van der Waals surface area contributed by atoms with Gasteiger partial charge in [-0.2, -0.15) is 0 Å². The Kier molecular flexibility index (Phi) is 4.34. The second-order valence-electron chi connectivity index (χ2n) is 3.66. The lowest BCUT2D eigenvalue weighted by molar-refractivity contribution is 0.859. The molecule has 1 aromatic heterocycles. The van der Waals surface area contributed by atoms with Crippen molar-refractivity contribution in [3.8, 4) is 0 Å². The van der Waals surface area contributed by atoms with Crippen LogP contribution in [0.25, 0.3) is 0 Å². The number of aromatic nitrogens is 2. The lowest BCUT2D eigenvalue weighted by atomic mass is 10.1. The standard InChI is InChI=1S/C11H19N3O/c1-4-6-9-8(3)13-11(12-7-5-2)14-10(9)15/h4-7H2,1-3H3,(H2,12,13,14,15). The molecule has 0 spiro atoms. The zero-order valence-corrected chi connectivity index (χ0v) is 9.68. The molecule has 84 valence electrons. The molecule has 0 bridgehead atoms. The lowest BCUT2D eigenvalue weighted by Gasteiger charge is -2.07. The molecule has 0 radical (unpaired) electrons. The monoisotopic (exact) mass is 209 g/mol. The molecular formula is C11H19N3O. The third-order valence-electron chi connectivity index (χ3n) is 2.26. The van der Waals surface area contributed by atoms with E-state index in [2.05, 4.69) is 29.1 Å². The third-order valence-corrected chi connectivity index (χ3v) is 2.26. The zero-order valence-electron chi connectivity index (χ0n) is 9.68. The first-order valence-electron chi connectivity index (χ1n) is 5.52. The third kappa shape index (κ3) is 3.08. The van der Waals surface area contributed by atoms with E-state index < -0.39 is 0 Å². The number of rotatable bonds is 5. The molecule has 2 N–H and O–H groups in total. The molecule has 15 heavy (non-hydrogen) atoms. The number of hydrogen-bond acceptors (Lipinski definition) is 3. The molecule has 0 saturated carbocycles. The van der Waals surface area contributed by atoms with Gasteiger partial charge in [-0.3, -0.25) is 9.78 Å². The van der Waals surface area contributed by atoms with E-state index >= 15 is 0 Å². The van der Waals surface area contributed by atoms with Gasteiger partial charge in [-0.1, -0.05) is 20.3 Å². The van der Waals surface area contributed by atoms with Crippen molar-refractivity contribution in [2.45, 2.75) is 40.0 Å².